The molecule has 0 aliphatic carbocycles. The van der Waals surface area contributed by atoms with Crippen molar-refractivity contribution in [3.63, 3.8) is 0 Å². The first-order valence-electron chi connectivity index (χ1n) is 18.0. The monoisotopic (exact) mass is 882 g/mol. The average Bonchev–Trinajstić information content (AvgIpc) is 4.09. The minimum absolute atomic E-state index is 0. The number of carbonyl (C=O) groups is 2. The molecule has 0 unspecified atom stereocenters. The molecule has 0 aliphatic rings. The lowest BCUT2D eigenvalue weighted by Crippen LogP contribution is -2.25. The van der Waals surface area contributed by atoms with E-state index >= 15 is 0 Å². The molecular formula is C43H40Cl2N8O5S2. The molecule has 4 N–H and O–H groups in total. The van der Waals surface area contributed by atoms with Crippen LogP contribution in [-0.4, -0.2) is 60.3 Å². The third kappa shape index (κ3) is 12.7. The predicted octanol–water partition coefficient (Wildman–Crippen LogP) is 10.1. The molecule has 0 saturated heterocycles. The van der Waals surface area contributed by atoms with Gasteiger partial charge in [0, 0.05) is 81.9 Å². The Balaban J connectivity index is 0.000000186. The van der Waals surface area contributed by atoms with Gasteiger partial charge in [-0.2, -0.15) is 9.97 Å². The predicted molar refractivity (Wildman–Crippen MR) is 237 cm³/mol. The smallest absolute Gasteiger partial charge is 0.335 e. The van der Waals surface area contributed by atoms with Crippen molar-refractivity contribution >= 4 is 57.8 Å². The number of rotatable bonds is 11. The van der Waals surface area contributed by atoms with Crippen LogP contribution in [0.2, 0.25) is 10.0 Å². The van der Waals surface area contributed by atoms with Gasteiger partial charge in [-0.25, -0.2) is 14.8 Å². The van der Waals surface area contributed by atoms with E-state index < -0.39 is 5.97 Å². The molecule has 1 amide bonds. The summed E-state index contributed by atoms with van der Waals surface area (Å²) in [5, 5.41) is 26.9. The average molecular weight is 884 g/mol. The number of aromatic carboxylic acids is 1. The quantitative estimate of drug-likeness (QED) is 0.111. The molecule has 60 heavy (non-hydrogen) atoms. The normalized spacial score (nSPS) is 10.4. The van der Waals surface area contributed by atoms with Crippen LogP contribution in [0.4, 0.5) is 0 Å². The molecule has 0 aliphatic heterocycles. The highest BCUT2D eigenvalue weighted by atomic mass is 35.5. The van der Waals surface area contributed by atoms with E-state index in [4.69, 9.17) is 43.1 Å². The van der Waals surface area contributed by atoms with Crippen molar-refractivity contribution < 1.29 is 23.7 Å². The summed E-state index contributed by atoms with van der Waals surface area (Å²) >= 11 is 15.0. The lowest BCUT2D eigenvalue weighted by atomic mass is 10.1. The molecule has 8 rings (SSSR count). The van der Waals surface area contributed by atoms with Crippen LogP contribution < -0.4 is 11.1 Å². The number of hydrogen-bond donors (Lipinski definition) is 3. The molecule has 0 atom stereocenters. The summed E-state index contributed by atoms with van der Waals surface area (Å²) in [5.74, 6) is 0.672. The minimum Gasteiger partial charge on any atom is -0.478 e. The zero-order chi connectivity index (χ0) is 41.7. The van der Waals surface area contributed by atoms with Gasteiger partial charge in [-0.15, -0.1) is 22.7 Å². The Labute approximate surface area is 364 Å². The summed E-state index contributed by atoms with van der Waals surface area (Å²) < 4.78 is 9.81. The number of aryl methyl sites for hydroxylation is 2. The van der Waals surface area contributed by atoms with Gasteiger partial charge >= 0.3 is 5.97 Å². The zero-order valence-corrected chi connectivity index (χ0v) is 34.8. The number of carboxylic acids is 1. The van der Waals surface area contributed by atoms with Crippen LogP contribution in [0.25, 0.3) is 45.3 Å². The first-order chi connectivity index (χ1) is 28.5. The van der Waals surface area contributed by atoms with Crippen molar-refractivity contribution in [3.05, 3.63) is 151 Å². The van der Waals surface area contributed by atoms with E-state index in [0.717, 1.165) is 49.5 Å². The maximum Gasteiger partial charge on any atom is 0.335 e. The summed E-state index contributed by atoms with van der Waals surface area (Å²) in [6.45, 7) is 4.55. The fraction of sp³-hybridized carbons (Fsp3) is 0.163. The third-order valence-corrected chi connectivity index (χ3v) is 10.5. The van der Waals surface area contributed by atoms with Gasteiger partial charge in [0.15, 0.2) is 0 Å². The highest BCUT2D eigenvalue weighted by molar-refractivity contribution is 7.10. The number of benzene rings is 4. The molecule has 8 aromatic rings. The van der Waals surface area contributed by atoms with Crippen LogP contribution in [0.3, 0.4) is 0 Å². The highest BCUT2D eigenvalue weighted by Crippen LogP contribution is 2.25. The molecule has 4 aromatic heterocycles. The maximum absolute atomic E-state index is 12.5. The topological polar surface area (TPSA) is 196 Å². The number of amides is 1. The van der Waals surface area contributed by atoms with Gasteiger partial charge in [-0.1, -0.05) is 89.5 Å². The van der Waals surface area contributed by atoms with E-state index in [1.54, 1.807) is 66.9 Å². The Morgan fingerprint density at radius 1 is 0.667 bits per heavy atom. The van der Waals surface area contributed by atoms with Gasteiger partial charge in [0.05, 0.1) is 27.0 Å². The number of halogens is 2. The molecule has 308 valence electrons. The van der Waals surface area contributed by atoms with Crippen molar-refractivity contribution in [2.75, 3.05) is 13.1 Å². The van der Waals surface area contributed by atoms with Crippen molar-refractivity contribution in [2.45, 2.75) is 34.1 Å². The number of carboxylic acid groups (broad SMARTS) is 1. The summed E-state index contributed by atoms with van der Waals surface area (Å²) in [6.07, 6.45) is 1.51. The number of nitrogens with one attached hydrogen (secondary N) is 1. The van der Waals surface area contributed by atoms with Gasteiger partial charge in [0.2, 0.25) is 23.4 Å². The summed E-state index contributed by atoms with van der Waals surface area (Å²) in [7, 11) is 0. The molecule has 0 spiro atoms. The molecule has 0 bridgehead atoms. The fourth-order valence-electron chi connectivity index (χ4n) is 5.29. The number of carbonyl (C=O) groups excluding carboxylic acids is 1. The largest absolute Gasteiger partial charge is 0.478 e. The van der Waals surface area contributed by atoms with Crippen LogP contribution in [-0.2, 0) is 12.8 Å². The fourth-order valence-corrected chi connectivity index (χ4v) is 7.17. The van der Waals surface area contributed by atoms with Gasteiger partial charge < -0.3 is 25.2 Å². The lowest BCUT2D eigenvalue weighted by Gasteiger charge is -2.05. The van der Waals surface area contributed by atoms with Crippen molar-refractivity contribution in [3.8, 4) is 45.3 Å². The van der Waals surface area contributed by atoms with Gasteiger partial charge in [-0.05, 0) is 55.1 Å². The van der Waals surface area contributed by atoms with Gasteiger partial charge in [0.1, 0.15) is 0 Å². The molecule has 4 heterocycles. The Kier molecular flexibility index (Phi) is 16.3. The molecular weight excluding hydrogens is 844 g/mol. The Morgan fingerprint density at radius 2 is 1.13 bits per heavy atom. The zero-order valence-electron chi connectivity index (χ0n) is 31.6. The van der Waals surface area contributed by atoms with Gasteiger partial charge in [-0.3, -0.25) is 4.79 Å². The van der Waals surface area contributed by atoms with Crippen LogP contribution in [0, 0.1) is 13.8 Å². The van der Waals surface area contributed by atoms with Crippen molar-refractivity contribution in [1.29, 1.82) is 0 Å². The van der Waals surface area contributed by atoms with E-state index in [1.807, 2.05) is 65.4 Å². The van der Waals surface area contributed by atoms with Gasteiger partial charge in [0.25, 0.3) is 5.91 Å². The SMILES string of the molecule is C.Cc1nc(-c2cccc(C(=O)NCCc3nc(-c4ccc(Cl)cc4)cs3)c2)no1.Cc1nc(-c2cccc(C(=O)O)c2)no1.NCCc1nc(-c2ccc(Cl)cc2)cs1. The Hall–Kier alpha value is -6.10. The molecule has 17 heteroatoms. The molecule has 0 radical (unpaired) electrons. The standard InChI is InChI=1S/C21H17ClN4O2S.C11H11ClN2S.C10H8N2O3.CH4/c1-13-24-20(26-28-13)15-3-2-4-16(11-15)21(27)23-10-9-19-25-18(12-29-19)14-5-7-17(22)8-6-14;12-9-3-1-8(2-4-9)10-7-15-11(14-10)5-6-13;1-6-11-9(12-15-6)7-3-2-4-8(5-7)10(13)14;/h2-8,11-12H,9-10H2,1H3,(H,23,27);1-4,7H,5-6,13H2;2-5H,1H3,(H,13,14);1H4. The highest BCUT2D eigenvalue weighted by Gasteiger charge is 2.12. The second-order valence-electron chi connectivity index (χ2n) is 12.6. The van der Waals surface area contributed by atoms with Crippen LogP contribution in [0.5, 0.6) is 0 Å². The van der Waals surface area contributed by atoms with E-state index in [1.165, 1.54) is 12.1 Å². The Bertz CT molecular complexity index is 2620. The lowest BCUT2D eigenvalue weighted by molar-refractivity contribution is 0.0696. The first kappa shape index (κ1) is 45.0. The third-order valence-electron chi connectivity index (χ3n) is 8.17. The number of hydrogen-bond acceptors (Lipinski definition) is 13. The number of nitrogens with zero attached hydrogens (tertiary/aromatic N) is 6. The molecule has 0 saturated carbocycles. The van der Waals surface area contributed by atoms with Crippen LogP contribution in [0.1, 0.15) is 49.9 Å². The summed E-state index contributed by atoms with van der Waals surface area (Å²) in [5.41, 5.74) is 11.6. The molecule has 13 nitrogen and oxygen atoms in total. The van der Waals surface area contributed by atoms with Crippen LogP contribution in [0.15, 0.2) is 117 Å². The van der Waals surface area contributed by atoms with E-state index in [2.05, 4.69) is 35.6 Å². The second-order valence-corrected chi connectivity index (χ2v) is 15.3. The minimum atomic E-state index is -0.975. The first-order valence-corrected chi connectivity index (χ1v) is 20.5. The molecule has 0 fully saturated rings. The Morgan fingerprint density at radius 3 is 1.58 bits per heavy atom. The number of nitrogens with two attached hydrogens (primary N) is 1. The summed E-state index contributed by atoms with van der Waals surface area (Å²) in [4.78, 5) is 40.5. The van der Waals surface area contributed by atoms with Crippen molar-refractivity contribution in [1.82, 2.24) is 35.6 Å². The maximum atomic E-state index is 12.5. The van der Waals surface area contributed by atoms with Crippen molar-refractivity contribution in [2.24, 2.45) is 5.73 Å². The van der Waals surface area contributed by atoms with E-state index in [-0.39, 0.29) is 18.9 Å². The van der Waals surface area contributed by atoms with E-state index in [9.17, 15) is 9.59 Å². The van der Waals surface area contributed by atoms with E-state index in [0.29, 0.717) is 59.1 Å². The second kappa shape index (κ2) is 21.8. The molecule has 4 aromatic carbocycles. The number of aromatic nitrogens is 6. The number of thiazole rings is 2. The van der Waals surface area contributed by atoms with Crippen LogP contribution >= 0.6 is 45.9 Å². The summed E-state index contributed by atoms with van der Waals surface area (Å²) in [6, 6.07) is 28.8.